The van der Waals surface area contributed by atoms with Gasteiger partial charge < -0.3 is 19.5 Å². The number of rotatable bonds is 7. The van der Waals surface area contributed by atoms with E-state index >= 15 is 0 Å². The van der Waals surface area contributed by atoms with Crippen LogP contribution in [0.4, 0.5) is 0 Å². The van der Waals surface area contributed by atoms with E-state index in [1.54, 1.807) is 14.2 Å². The predicted molar refractivity (Wildman–Crippen MR) is 100 cm³/mol. The molecular formula is C21H27NO3. The third-order valence-corrected chi connectivity index (χ3v) is 4.70. The SMILES string of the molecule is COc1cc(CNCC2CCCOC2)c(-c2ccccc2)cc1OC. The van der Waals surface area contributed by atoms with E-state index in [4.69, 9.17) is 14.2 Å². The molecule has 3 rings (SSSR count). The van der Waals surface area contributed by atoms with E-state index in [2.05, 4.69) is 41.7 Å². The van der Waals surface area contributed by atoms with Crippen molar-refractivity contribution in [1.82, 2.24) is 5.32 Å². The summed E-state index contributed by atoms with van der Waals surface area (Å²) < 4.78 is 16.6. The molecule has 0 saturated carbocycles. The van der Waals surface area contributed by atoms with Gasteiger partial charge in [0.05, 0.1) is 20.8 Å². The smallest absolute Gasteiger partial charge is 0.161 e. The molecule has 1 heterocycles. The Kier molecular flexibility index (Phi) is 6.31. The fourth-order valence-corrected chi connectivity index (χ4v) is 3.33. The van der Waals surface area contributed by atoms with Crippen LogP contribution in [-0.4, -0.2) is 34.0 Å². The molecule has 1 aliphatic heterocycles. The monoisotopic (exact) mass is 341 g/mol. The Morgan fingerprint density at radius 2 is 1.84 bits per heavy atom. The highest BCUT2D eigenvalue weighted by Gasteiger charge is 2.15. The van der Waals surface area contributed by atoms with Crippen molar-refractivity contribution in [1.29, 1.82) is 0 Å². The van der Waals surface area contributed by atoms with Gasteiger partial charge in [-0.2, -0.15) is 0 Å². The second kappa shape index (κ2) is 8.88. The average molecular weight is 341 g/mol. The first-order valence-electron chi connectivity index (χ1n) is 8.90. The zero-order chi connectivity index (χ0) is 17.5. The maximum atomic E-state index is 5.57. The molecule has 25 heavy (non-hydrogen) atoms. The molecule has 1 aliphatic rings. The number of hydrogen-bond acceptors (Lipinski definition) is 4. The van der Waals surface area contributed by atoms with Crippen molar-refractivity contribution < 1.29 is 14.2 Å². The lowest BCUT2D eigenvalue weighted by molar-refractivity contribution is 0.0547. The van der Waals surface area contributed by atoms with Crippen LogP contribution in [0.1, 0.15) is 18.4 Å². The van der Waals surface area contributed by atoms with E-state index in [9.17, 15) is 0 Å². The van der Waals surface area contributed by atoms with Crippen LogP contribution in [-0.2, 0) is 11.3 Å². The van der Waals surface area contributed by atoms with E-state index in [-0.39, 0.29) is 0 Å². The van der Waals surface area contributed by atoms with Crippen molar-refractivity contribution >= 4 is 0 Å². The molecule has 2 aromatic carbocycles. The van der Waals surface area contributed by atoms with Gasteiger partial charge in [-0.05, 0) is 47.6 Å². The average Bonchev–Trinajstić information content (AvgIpc) is 2.69. The zero-order valence-electron chi connectivity index (χ0n) is 15.1. The highest BCUT2D eigenvalue weighted by atomic mass is 16.5. The van der Waals surface area contributed by atoms with Gasteiger partial charge in [0.15, 0.2) is 11.5 Å². The van der Waals surface area contributed by atoms with Gasteiger partial charge >= 0.3 is 0 Å². The maximum Gasteiger partial charge on any atom is 0.161 e. The fraction of sp³-hybridized carbons (Fsp3) is 0.429. The minimum atomic E-state index is 0.606. The van der Waals surface area contributed by atoms with Crippen LogP contribution in [0, 0.1) is 5.92 Å². The molecule has 1 atom stereocenters. The van der Waals surface area contributed by atoms with Crippen molar-refractivity contribution in [3.8, 4) is 22.6 Å². The minimum Gasteiger partial charge on any atom is -0.493 e. The first-order chi connectivity index (χ1) is 12.3. The Balaban J connectivity index is 1.80. The van der Waals surface area contributed by atoms with Crippen molar-refractivity contribution in [2.45, 2.75) is 19.4 Å². The van der Waals surface area contributed by atoms with E-state index < -0.39 is 0 Å². The number of hydrogen-bond donors (Lipinski definition) is 1. The standard InChI is InChI=1S/C21H27NO3/c1-23-20-11-18(14-22-13-16-7-6-10-25-15-16)19(12-21(20)24-2)17-8-4-3-5-9-17/h3-5,8-9,11-12,16,22H,6-7,10,13-15H2,1-2H3. The van der Waals surface area contributed by atoms with Crippen LogP contribution < -0.4 is 14.8 Å². The molecule has 4 heteroatoms. The largest absolute Gasteiger partial charge is 0.493 e. The summed E-state index contributed by atoms with van der Waals surface area (Å²) in [7, 11) is 3.35. The van der Waals surface area contributed by atoms with E-state index in [1.165, 1.54) is 23.1 Å². The zero-order valence-corrected chi connectivity index (χ0v) is 15.1. The Labute approximate surface area is 150 Å². The first kappa shape index (κ1) is 17.8. The van der Waals surface area contributed by atoms with Crippen molar-refractivity contribution in [2.24, 2.45) is 5.92 Å². The van der Waals surface area contributed by atoms with Crippen LogP contribution in [0.5, 0.6) is 11.5 Å². The third-order valence-electron chi connectivity index (χ3n) is 4.70. The molecule has 0 spiro atoms. The maximum absolute atomic E-state index is 5.57. The second-order valence-electron chi connectivity index (χ2n) is 6.44. The summed E-state index contributed by atoms with van der Waals surface area (Å²) in [6, 6.07) is 14.5. The molecule has 4 nitrogen and oxygen atoms in total. The Morgan fingerprint density at radius 3 is 2.52 bits per heavy atom. The van der Waals surface area contributed by atoms with E-state index in [0.717, 1.165) is 44.2 Å². The van der Waals surface area contributed by atoms with Crippen LogP contribution in [0.2, 0.25) is 0 Å². The lowest BCUT2D eigenvalue weighted by atomic mass is 9.98. The molecule has 0 aromatic heterocycles. The summed E-state index contributed by atoms with van der Waals surface area (Å²) in [5, 5.41) is 3.59. The number of ether oxygens (including phenoxy) is 3. The Bertz CT molecular complexity index is 666. The molecule has 1 N–H and O–H groups in total. The summed E-state index contributed by atoms with van der Waals surface area (Å²) in [4.78, 5) is 0. The minimum absolute atomic E-state index is 0.606. The normalized spacial score (nSPS) is 17.3. The highest BCUT2D eigenvalue weighted by Crippen LogP contribution is 2.35. The highest BCUT2D eigenvalue weighted by molar-refractivity contribution is 5.71. The van der Waals surface area contributed by atoms with Crippen LogP contribution in [0.15, 0.2) is 42.5 Å². The fourth-order valence-electron chi connectivity index (χ4n) is 3.33. The molecular weight excluding hydrogens is 314 g/mol. The molecule has 0 bridgehead atoms. The second-order valence-corrected chi connectivity index (χ2v) is 6.44. The summed E-state index contributed by atoms with van der Waals surface area (Å²) in [6.07, 6.45) is 2.41. The molecule has 1 fully saturated rings. The first-order valence-corrected chi connectivity index (χ1v) is 8.90. The number of methoxy groups -OCH3 is 2. The molecule has 0 radical (unpaired) electrons. The predicted octanol–water partition coefficient (Wildman–Crippen LogP) is 3.89. The van der Waals surface area contributed by atoms with Crippen LogP contribution in [0.25, 0.3) is 11.1 Å². The molecule has 0 aliphatic carbocycles. The van der Waals surface area contributed by atoms with Gasteiger partial charge in [0.2, 0.25) is 0 Å². The van der Waals surface area contributed by atoms with Gasteiger partial charge in [-0.25, -0.2) is 0 Å². The van der Waals surface area contributed by atoms with Gasteiger partial charge in [-0.3, -0.25) is 0 Å². The van der Waals surface area contributed by atoms with E-state index in [0.29, 0.717) is 5.92 Å². The van der Waals surface area contributed by atoms with E-state index in [1.807, 2.05) is 6.07 Å². The summed E-state index contributed by atoms with van der Waals surface area (Å²) in [6.45, 7) is 3.54. The Hall–Kier alpha value is -2.04. The quantitative estimate of drug-likeness (QED) is 0.829. The van der Waals surface area contributed by atoms with Crippen molar-refractivity contribution in [2.75, 3.05) is 34.0 Å². The molecule has 1 unspecified atom stereocenters. The molecule has 1 saturated heterocycles. The number of benzene rings is 2. The summed E-state index contributed by atoms with van der Waals surface area (Å²) in [5.74, 6) is 2.12. The van der Waals surface area contributed by atoms with Gasteiger partial charge in [-0.15, -0.1) is 0 Å². The Morgan fingerprint density at radius 1 is 1.08 bits per heavy atom. The van der Waals surface area contributed by atoms with Gasteiger partial charge in [-0.1, -0.05) is 30.3 Å². The summed E-state index contributed by atoms with van der Waals surface area (Å²) >= 11 is 0. The summed E-state index contributed by atoms with van der Waals surface area (Å²) in [5.41, 5.74) is 3.56. The van der Waals surface area contributed by atoms with Crippen molar-refractivity contribution in [3.63, 3.8) is 0 Å². The molecule has 0 amide bonds. The lowest BCUT2D eigenvalue weighted by Crippen LogP contribution is -2.29. The molecule has 2 aromatic rings. The molecule has 134 valence electrons. The van der Waals surface area contributed by atoms with Crippen molar-refractivity contribution in [3.05, 3.63) is 48.0 Å². The topological polar surface area (TPSA) is 39.7 Å². The van der Waals surface area contributed by atoms with Gasteiger partial charge in [0, 0.05) is 19.7 Å². The van der Waals surface area contributed by atoms with Crippen LogP contribution in [0.3, 0.4) is 0 Å². The lowest BCUT2D eigenvalue weighted by Gasteiger charge is -2.23. The van der Waals surface area contributed by atoms with Gasteiger partial charge in [0.1, 0.15) is 0 Å². The third kappa shape index (κ3) is 4.53. The van der Waals surface area contributed by atoms with Crippen LogP contribution >= 0.6 is 0 Å². The number of nitrogens with one attached hydrogen (secondary N) is 1. The van der Waals surface area contributed by atoms with Gasteiger partial charge in [0.25, 0.3) is 0 Å².